The fourth-order valence-electron chi connectivity index (χ4n) is 3.75. The summed E-state index contributed by atoms with van der Waals surface area (Å²) in [7, 11) is 0. The fraction of sp³-hybridized carbons (Fsp3) is 0.308. The number of aryl methyl sites for hydroxylation is 1. The number of hydrogen-bond donors (Lipinski definition) is 0. The van der Waals surface area contributed by atoms with Crippen LogP contribution in [0.15, 0.2) is 59.4 Å². The molecule has 0 aliphatic heterocycles. The van der Waals surface area contributed by atoms with Crippen molar-refractivity contribution in [3.05, 3.63) is 103 Å². The lowest BCUT2D eigenvalue weighted by Gasteiger charge is -2.20. The van der Waals surface area contributed by atoms with Crippen molar-refractivity contribution in [2.24, 2.45) is 0 Å². The van der Waals surface area contributed by atoms with Crippen molar-refractivity contribution < 1.29 is 9.53 Å². The van der Waals surface area contributed by atoms with E-state index in [2.05, 4.69) is 6.92 Å². The molecule has 0 bridgehead atoms. The summed E-state index contributed by atoms with van der Waals surface area (Å²) in [6, 6.07) is 16.3. The molecule has 3 aromatic rings. The molecule has 0 N–H and O–H groups in total. The van der Waals surface area contributed by atoms with E-state index >= 15 is 0 Å². The number of carbonyl (C=O) groups is 1. The highest BCUT2D eigenvalue weighted by Gasteiger charge is 2.21. The second-order valence-corrected chi connectivity index (χ2v) is 8.45. The van der Waals surface area contributed by atoms with E-state index in [1.165, 1.54) is 0 Å². The van der Waals surface area contributed by atoms with E-state index in [1.54, 1.807) is 28.8 Å². The van der Waals surface area contributed by atoms with E-state index in [1.807, 2.05) is 37.3 Å². The Hall–Kier alpha value is -2.56. The van der Waals surface area contributed by atoms with Gasteiger partial charge in [-0.2, -0.15) is 0 Å². The minimum atomic E-state index is -0.483. The van der Waals surface area contributed by atoms with Gasteiger partial charge in [0.25, 0.3) is 0 Å². The van der Waals surface area contributed by atoms with Gasteiger partial charge in [0.05, 0.1) is 0 Å². The number of halogens is 2. The zero-order valence-corrected chi connectivity index (χ0v) is 19.9. The Morgan fingerprint density at radius 2 is 1.66 bits per heavy atom. The van der Waals surface area contributed by atoms with Crippen molar-refractivity contribution in [1.29, 1.82) is 0 Å². The summed E-state index contributed by atoms with van der Waals surface area (Å²) in [5.41, 5.74) is 3.28. The van der Waals surface area contributed by atoms with Crippen molar-refractivity contribution in [3.8, 4) is 0 Å². The van der Waals surface area contributed by atoms with Crippen LogP contribution in [-0.4, -0.2) is 10.7 Å². The zero-order chi connectivity index (χ0) is 23.1. The third-order valence-electron chi connectivity index (χ3n) is 5.42. The van der Waals surface area contributed by atoms with Gasteiger partial charge in [-0.3, -0.25) is 9.36 Å². The van der Waals surface area contributed by atoms with Gasteiger partial charge in [-0.05, 0) is 42.5 Å². The maximum atomic E-state index is 13.2. The first-order valence-corrected chi connectivity index (χ1v) is 11.6. The predicted molar refractivity (Wildman–Crippen MR) is 130 cm³/mol. The lowest BCUT2D eigenvalue weighted by atomic mass is 9.99. The van der Waals surface area contributed by atoms with Gasteiger partial charge >= 0.3 is 6.09 Å². The minimum Gasteiger partial charge on any atom is -0.444 e. The summed E-state index contributed by atoms with van der Waals surface area (Å²) in [6.07, 6.45) is 2.69. The molecule has 0 aliphatic carbocycles. The number of pyridine rings is 1. The Bertz CT molecular complexity index is 1120. The Kier molecular flexibility index (Phi) is 8.54. The third-order valence-corrected chi connectivity index (χ3v) is 6.13. The lowest BCUT2D eigenvalue weighted by Crippen LogP contribution is -2.28. The van der Waals surface area contributed by atoms with Gasteiger partial charge in [-0.25, -0.2) is 4.79 Å². The van der Waals surface area contributed by atoms with E-state index < -0.39 is 6.09 Å². The number of nitrogens with zero attached hydrogens (tertiary/aromatic N) is 1. The highest BCUT2D eigenvalue weighted by molar-refractivity contribution is 6.36. The van der Waals surface area contributed by atoms with Crippen LogP contribution in [0.25, 0.3) is 0 Å². The van der Waals surface area contributed by atoms with Crippen LogP contribution in [-0.2, 0) is 30.6 Å². The monoisotopic (exact) mass is 471 g/mol. The standard InChI is InChI=1S/C26H27Cl2NO3/c1-3-5-12-19-15-25(30)21(16-20-22(27)13-9-14-23(20)28)24(4-2)29(19)26(31)32-17-18-10-7-6-8-11-18/h6-11,13-15H,3-5,12,16-17H2,1-2H3. The molecule has 0 atom stereocenters. The topological polar surface area (TPSA) is 48.3 Å². The average molecular weight is 472 g/mol. The van der Waals surface area contributed by atoms with Crippen molar-refractivity contribution in [1.82, 2.24) is 4.57 Å². The van der Waals surface area contributed by atoms with Crippen LogP contribution in [0.2, 0.25) is 10.0 Å². The van der Waals surface area contributed by atoms with E-state index in [4.69, 9.17) is 27.9 Å². The first-order chi connectivity index (χ1) is 15.5. The molecule has 0 amide bonds. The van der Waals surface area contributed by atoms with Gasteiger partial charge in [-0.15, -0.1) is 0 Å². The van der Waals surface area contributed by atoms with Crippen LogP contribution in [0, 0.1) is 0 Å². The second-order valence-electron chi connectivity index (χ2n) is 7.63. The molecule has 4 nitrogen and oxygen atoms in total. The Balaban J connectivity index is 2.05. The van der Waals surface area contributed by atoms with Crippen molar-refractivity contribution >= 4 is 29.3 Å². The van der Waals surface area contributed by atoms with E-state index in [-0.39, 0.29) is 18.5 Å². The van der Waals surface area contributed by atoms with Gasteiger partial charge in [0.15, 0.2) is 5.43 Å². The Morgan fingerprint density at radius 3 is 2.28 bits per heavy atom. The molecule has 2 aromatic carbocycles. The molecule has 6 heteroatoms. The van der Waals surface area contributed by atoms with Crippen LogP contribution in [0.3, 0.4) is 0 Å². The first-order valence-electron chi connectivity index (χ1n) is 10.9. The number of unbranched alkanes of at least 4 members (excludes halogenated alkanes) is 1. The summed E-state index contributed by atoms with van der Waals surface area (Å²) in [5.74, 6) is 0. The summed E-state index contributed by atoms with van der Waals surface area (Å²) < 4.78 is 7.21. The van der Waals surface area contributed by atoms with Gasteiger partial charge in [0, 0.05) is 39.5 Å². The fourth-order valence-corrected chi connectivity index (χ4v) is 4.28. The van der Waals surface area contributed by atoms with Crippen LogP contribution in [0.5, 0.6) is 0 Å². The largest absolute Gasteiger partial charge is 0.444 e. The van der Waals surface area contributed by atoms with Gasteiger partial charge in [0.2, 0.25) is 0 Å². The van der Waals surface area contributed by atoms with E-state index in [0.717, 1.165) is 18.4 Å². The van der Waals surface area contributed by atoms with Crippen molar-refractivity contribution in [3.63, 3.8) is 0 Å². The second kappa shape index (κ2) is 11.3. The third kappa shape index (κ3) is 5.62. The smallest absolute Gasteiger partial charge is 0.418 e. The first kappa shape index (κ1) is 24.1. The van der Waals surface area contributed by atoms with Crippen molar-refractivity contribution in [2.45, 2.75) is 52.6 Å². The molecule has 0 aliphatic rings. The summed E-state index contributed by atoms with van der Waals surface area (Å²) in [4.78, 5) is 26.3. The zero-order valence-electron chi connectivity index (χ0n) is 18.4. The number of benzene rings is 2. The Labute approximate surface area is 198 Å². The quantitative estimate of drug-likeness (QED) is 0.361. The molecule has 168 valence electrons. The predicted octanol–water partition coefficient (Wildman–Crippen LogP) is 6.84. The number of ether oxygens (including phenoxy) is 1. The van der Waals surface area contributed by atoms with E-state index in [0.29, 0.717) is 45.4 Å². The summed E-state index contributed by atoms with van der Waals surface area (Å²) in [5, 5.41) is 0.986. The van der Waals surface area contributed by atoms with Gasteiger partial charge in [0.1, 0.15) is 6.61 Å². The molecule has 32 heavy (non-hydrogen) atoms. The lowest BCUT2D eigenvalue weighted by molar-refractivity contribution is 0.139. The van der Waals surface area contributed by atoms with Gasteiger partial charge in [-0.1, -0.05) is 79.9 Å². The normalized spacial score (nSPS) is 10.9. The van der Waals surface area contributed by atoms with Crippen LogP contribution in [0.4, 0.5) is 4.79 Å². The van der Waals surface area contributed by atoms with E-state index in [9.17, 15) is 9.59 Å². The molecular weight excluding hydrogens is 445 g/mol. The number of carbonyl (C=O) groups excluding carboxylic acids is 1. The summed E-state index contributed by atoms with van der Waals surface area (Å²) >= 11 is 12.7. The van der Waals surface area contributed by atoms with Crippen LogP contribution >= 0.6 is 23.2 Å². The van der Waals surface area contributed by atoms with Crippen LogP contribution < -0.4 is 5.43 Å². The van der Waals surface area contributed by atoms with Crippen molar-refractivity contribution in [2.75, 3.05) is 0 Å². The molecule has 0 spiro atoms. The molecule has 0 fully saturated rings. The average Bonchev–Trinajstić information content (AvgIpc) is 2.79. The highest BCUT2D eigenvalue weighted by Crippen LogP contribution is 2.27. The number of hydrogen-bond acceptors (Lipinski definition) is 3. The molecule has 0 unspecified atom stereocenters. The highest BCUT2D eigenvalue weighted by atomic mass is 35.5. The molecule has 0 saturated carbocycles. The molecule has 1 heterocycles. The molecule has 1 aromatic heterocycles. The minimum absolute atomic E-state index is 0.115. The number of rotatable bonds is 8. The van der Waals surface area contributed by atoms with Crippen LogP contribution in [0.1, 0.15) is 54.8 Å². The SMILES string of the molecule is CCCCc1cc(=O)c(Cc2c(Cl)cccc2Cl)c(CC)n1C(=O)OCc1ccccc1. The molecule has 0 radical (unpaired) electrons. The maximum Gasteiger partial charge on any atom is 0.418 e. The van der Waals surface area contributed by atoms with Gasteiger partial charge < -0.3 is 4.74 Å². The molecular formula is C26H27Cl2NO3. The molecule has 0 saturated heterocycles. The Morgan fingerprint density at radius 1 is 0.969 bits per heavy atom. The maximum absolute atomic E-state index is 13.2. The number of aromatic nitrogens is 1. The summed E-state index contributed by atoms with van der Waals surface area (Å²) in [6.45, 7) is 4.16. The molecule has 3 rings (SSSR count).